The molecule has 0 aliphatic rings. The molecular formula is C18H25NS. The third kappa shape index (κ3) is 3.94. The summed E-state index contributed by atoms with van der Waals surface area (Å²) >= 11 is 1.77. The molecule has 1 nitrogen and oxygen atoms in total. The van der Waals surface area contributed by atoms with E-state index in [9.17, 15) is 0 Å². The molecule has 20 heavy (non-hydrogen) atoms. The van der Waals surface area contributed by atoms with E-state index in [1.165, 1.54) is 16.7 Å². The van der Waals surface area contributed by atoms with Gasteiger partial charge in [-0.15, -0.1) is 0 Å². The summed E-state index contributed by atoms with van der Waals surface area (Å²) < 4.78 is 0. The maximum absolute atomic E-state index is 3.59. The average Bonchev–Trinajstić information content (AvgIpc) is 2.91. The fraction of sp³-hybridized carbons (Fsp3) is 0.444. The molecule has 0 saturated carbocycles. The summed E-state index contributed by atoms with van der Waals surface area (Å²) in [6.07, 6.45) is 1.05. The minimum Gasteiger partial charge on any atom is -0.310 e. The Bertz CT molecular complexity index is 505. The fourth-order valence-corrected chi connectivity index (χ4v) is 3.12. The van der Waals surface area contributed by atoms with Crippen LogP contribution in [0.3, 0.4) is 0 Å². The van der Waals surface area contributed by atoms with Crippen molar-refractivity contribution in [1.82, 2.24) is 5.32 Å². The third-order valence-electron chi connectivity index (χ3n) is 3.66. The maximum atomic E-state index is 3.59. The first-order valence-electron chi connectivity index (χ1n) is 7.35. The molecule has 2 rings (SSSR count). The second-order valence-electron chi connectivity index (χ2n) is 6.32. The summed E-state index contributed by atoms with van der Waals surface area (Å²) in [5, 5.41) is 7.99. The Morgan fingerprint density at radius 1 is 1.10 bits per heavy atom. The van der Waals surface area contributed by atoms with Gasteiger partial charge in [0.25, 0.3) is 0 Å². The first-order valence-corrected chi connectivity index (χ1v) is 8.30. The molecule has 1 atom stereocenters. The van der Waals surface area contributed by atoms with Gasteiger partial charge in [0.2, 0.25) is 0 Å². The Kier molecular flexibility index (Phi) is 5.00. The standard InChI is InChI=1S/C18H25NS/c1-5-19-17(15-10-11-20-13-15)12-14-6-8-16(9-7-14)18(2,3)4/h6-11,13,17,19H,5,12H2,1-4H3. The molecule has 1 heterocycles. The van der Waals surface area contributed by atoms with E-state index in [2.05, 4.69) is 74.1 Å². The molecule has 0 aliphatic heterocycles. The monoisotopic (exact) mass is 287 g/mol. The van der Waals surface area contributed by atoms with Crippen molar-refractivity contribution in [2.24, 2.45) is 0 Å². The number of rotatable bonds is 5. The van der Waals surface area contributed by atoms with Crippen molar-refractivity contribution < 1.29 is 0 Å². The van der Waals surface area contributed by atoms with Crippen LogP contribution in [0.5, 0.6) is 0 Å². The van der Waals surface area contributed by atoms with Crippen molar-refractivity contribution >= 4 is 11.3 Å². The van der Waals surface area contributed by atoms with Crippen molar-refractivity contribution in [2.45, 2.75) is 45.6 Å². The van der Waals surface area contributed by atoms with Crippen LogP contribution >= 0.6 is 11.3 Å². The van der Waals surface area contributed by atoms with Crippen LogP contribution in [0.25, 0.3) is 0 Å². The van der Waals surface area contributed by atoms with Gasteiger partial charge in [-0.25, -0.2) is 0 Å². The number of nitrogens with one attached hydrogen (secondary N) is 1. The fourth-order valence-electron chi connectivity index (χ4n) is 2.40. The number of hydrogen-bond acceptors (Lipinski definition) is 2. The number of hydrogen-bond donors (Lipinski definition) is 1. The second kappa shape index (κ2) is 6.55. The normalized spacial score (nSPS) is 13.4. The minimum atomic E-state index is 0.229. The molecule has 1 aromatic heterocycles. The van der Waals surface area contributed by atoms with Crippen molar-refractivity contribution in [2.75, 3.05) is 6.54 Å². The predicted molar refractivity (Wildman–Crippen MR) is 89.6 cm³/mol. The SMILES string of the molecule is CCNC(Cc1ccc(C(C)(C)C)cc1)c1ccsc1. The molecule has 0 spiro atoms. The van der Waals surface area contributed by atoms with Gasteiger partial charge in [0.1, 0.15) is 0 Å². The molecule has 1 aromatic carbocycles. The Balaban J connectivity index is 2.11. The summed E-state index contributed by atoms with van der Waals surface area (Å²) in [5.74, 6) is 0. The van der Waals surface area contributed by atoms with Crippen molar-refractivity contribution in [3.63, 3.8) is 0 Å². The van der Waals surface area contributed by atoms with Gasteiger partial charge in [-0.3, -0.25) is 0 Å². The van der Waals surface area contributed by atoms with Gasteiger partial charge < -0.3 is 5.32 Å². The van der Waals surface area contributed by atoms with Gasteiger partial charge in [-0.1, -0.05) is 52.0 Å². The predicted octanol–water partition coefficient (Wildman–Crippen LogP) is 4.94. The van der Waals surface area contributed by atoms with Gasteiger partial charge >= 0.3 is 0 Å². The second-order valence-corrected chi connectivity index (χ2v) is 7.10. The van der Waals surface area contributed by atoms with E-state index < -0.39 is 0 Å². The van der Waals surface area contributed by atoms with Gasteiger partial charge in [0.15, 0.2) is 0 Å². The van der Waals surface area contributed by atoms with Crippen LogP contribution in [-0.2, 0) is 11.8 Å². The Hall–Kier alpha value is -1.12. The van der Waals surface area contributed by atoms with Crippen LogP contribution in [0.15, 0.2) is 41.1 Å². The molecule has 2 heteroatoms. The zero-order valence-corrected chi connectivity index (χ0v) is 13.8. The molecule has 0 saturated heterocycles. The maximum Gasteiger partial charge on any atom is 0.0369 e. The molecule has 0 bridgehead atoms. The van der Waals surface area contributed by atoms with Crippen LogP contribution in [0.2, 0.25) is 0 Å². The van der Waals surface area contributed by atoms with E-state index in [0.717, 1.165) is 13.0 Å². The van der Waals surface area contributed by atoms with E-state index >= 15 is 0 Å². The largest absolute Gasteiger partial charge is 0.310 e. The smallest absolute Gasteiger partial charge is 0.0369 e. The van der Waals surface area contributed by atoms with Gasteiger partial charge in [0.05, 0.1) is 0 Å². The van der Waals surface area contributed by atoms with Gasteiger partial charge in [-0.2, -0.15) is 11.3 Å². The number of benzene rings is 1. The summed E-state index contributed by atoms with van der Waals surface area (Å²) in [6.45, 7) is 9.95. The lowest BCUT2D eigenvalue weighted by molar-refractivity contribution is 0.550. The number of likely N-dealkylation sites (N-methyl/N-ethyl adjacent to an activating group) is 1. The highest BCUT2D eigenvalue weighted by Gasteiger charge is 2.15. The van der Waals surface area contributed by atoms with E-state index in [0.29, 0.717) is 6.04 Å². The molecule has 2 aromatic rings. The van der Waals surface area contributed by atoms with Crippen LogP contribution < -0.4 is 5.32 Å². The Morgan fingerprint density at radius 3 is 2.30 bits per heavy atom. The lowest BCUT2D eigenvalue weighted by atomic mass is 9.86. The molecule has 0 aliphatic carbocycles. The van der Waals surface area contributed by atoms with Crippen molar-refractivity contribution in [3.05, 3.63) is 57.8 Å². The van der Waals surface area contributed by atoms with Gasteiger partial charge in [-0.05, 0) is 51.9 Å². The van der Waals surface area contributed by atoms with Crippen molar-refractivity contribution in [3.8, 4) is 0 Å². The topological polar surface area (TPSA) is 12.0 Å². The summed E-state index contributed by atoms with van der Waals surface area (Å²) in [6, 6.07) is 11.7. The van der Waals surface area contributed by atoms with Crippen LogP contribution in [0, 0.1) is 0 Å². The van der Waals surface area contributed by atoms with Crippen LogP contribution in [-0.4, -0.2) is 6.54 Å². The lowest BCUT2D eigenvalue weighted by Gasteiger charge is -2.20. The van der Waals surface area contributed by atoms with E-state index in [4.69, 9.17) is 0 Å². The van der Waals surface area contributed by atoms with E-state index in [1.807, 2.05) is 0 Å². The zero-order chi connectivity index (χ0) is 14.6. The van der Waals surface area contributed by atoms with E-state index in [1.54, 1.807) is 11.3 Å². The first kappa shape index (κ1) is 15.3. The molecule has 1 unspecified atom stereocenters. The Morgan fingerprint density at radius 2 is 1.80 bits per heavy atom. The summed E-state index contributed by atoms with van der Waals surface area (Å²) in [5.41, 5.74) is 4.43. The molecule has 108 valence electrons. The summed E-state index contributed by atoms with van der Waals surface area (Å²) in [4.78, 5) is 0. The van der Waals surface area contributed by atoms with Gasteiger partial charge in [0, 0.05) is 6.04 Å². The van der Waals surface area contributed by atoms with Crippen LogP contribution in [0.4, 0.5) is 0 Å². The quantitative estimate of drug-likeness (QED) is 0.821. The highest BCUT2D eigenvalue weighted by molar-refractivity contribution is 7.07. The molecule has 0 fully saturated rings. The molecule has 0 amide bonds. The number of thiophene rings is 1. The average molecular weight is 287 g/mol. The molecular weight excluding hydrogens is 262 g/mol. The minimum absolute atomic E-state index is 0.229. The highest BCUT2D eigenvalue weighted by Crippen LogP contribution is 2.25. The van der Waals surface area contributed by atoms with Crippen LogP contribution in [0.1, 0.15) is 50.4 Å². The summed E-state index contributed by atoms with van der Waals surface area (Å²) in [7, 11) is 0. The third-order valence-corrected chi connectivity index (χ3v) is 4.36. The zero-order valence-electron chi connectivity index (χ0n) is 12.9. The highest BCUT2D eigenvalue weighted by atomic mass is 32.1. The molecule has 1 N–H and O–H groups in total. The lowest BCUT2D eigenvalue weighted by Crippen LogP contribution is -2.22. The van der Waals surface area contributed by atoms with Crippen molar-refractivity contribution in [1.29, 1.82) is 0 Å². The Labute approximate surface area is 127 Å². The van der Waals surface area contributed by atoms with E-state index in [-0.39, 0.29) is 5.41 Å². The molecule has 0 radical (unpaired) electrons. The first-order chi connectivity index (χ1) is 9.50.